The van der Waals surface area contributed by atoms with Crippen LogP contribution in [0.1, 0.15) is 27.7 Å². The van der Waals surface area contributed by atoms with Crippen LogP contribution in [0.4, 0.5) is 0 Å². The van der Waals surface area contributed by atoms with Crippen molar-refractivity contribution in [2.45, 2.75) is 36.3 Å². The van der Waals surface area contributed by atoms with Gasteiger partial charge in [0, 0.05) is 0 Å². The van der Waals surface area contributed by atoms with Crippen LogP contribution in [0.15, 0.2) is 48.5 Å². The highest BCUT2D eigenvalue weighted by Crippen LogP contribution is 2.27. The molecule has 0 radical (unpaired) electrons. The summed E-state index contributed by atoms with van der Waals surface area (Å²) in [6.45, 7) is 6.92. The van der Waals surface area contributed by atoms with Crippen LogP contribution in [-0.2, 0) is 9.59 Å². The second-order valence-corrected chi connectivity index (χ2v) is 10.7. The lowest BCUT2D eigenvalue weighted by atomic mass is 10.1. The molecule has 0 saturated heterocycles. The summed E-state index contributed by atoms with van der Waals surface area (Å²) >= 11 is 6.55. The number of carbonyl (C=O) groups is 2. The minimum Gasteiger partial charge on any atom is -0.426 e. The Morgan fingerprint density at radius 2 is 0.923 bits per heavy atom. The fraction of sp³-hybridized carbons (Fsp3) is 0.300. The molecule has 0 saturated carbocycles. The highest BCUT2D eigenvalue weighted by Gasteiger charge is 2.26. The van der Waals surface area contributed by atoms with Gasteiger partial charge >= 0.3 is 11.9 Å². The molecule has 6 heteroatoms. The van der Waals surface area contributed by atoms with Gasteiger partial charge in [-0.05, 0) is 63.1 Å². The molecule has 0 fully saturated rings. The Morgan fingerprint density at radius 3 is 1.15 bits per heavy atom. The molecule has 0 bridgehead atoms. The van der Waals surface area contributed by atoms with Gasteiger partial charge in [0.2, 0.25) is 0 Å². The van der Waals surface area contributed by atoms with Crippen LogP contribution in [-0.4, -0.2) is 20.6 Å². The molecule has 0 spiro atoms. The summed E-state index contributed by atoms with van der Waals surface area (Å²) in [5.41, 5.74) is 1.92. The van der Waals surface area contributed by atoms with Crippen LogP contribution >= 0.6 is 31.9 Å². The van der Waals surface area contributed by atoms with E-state index in [1.54, 1.807) is 52.0 Å². The molecule has 0 aliphatic heterocycles. The first kappa shape index (κ1) is 20.6. The van der Waals surface area contributed by atoms with Crippen LogP contribution < -0.4 is 9.47 Å². The van der Waals surface area contributed by atoms with E-state index in [1.807, 2.05) is 24.3 Å². The van der Waals surface area contributed by atoms with Gasteiger partial charge in [-0.25, -0.2) is 0 Å². The Kier molecular flexibility index (Phi) is 6.29. The van der Waals surface area contributed by atoms with Crippen LogP contribution in [0.3, 0.4) is 0 Å². The van der Waals surface area contributed by atoms with Gasteiger partial charge in [0.05, 0.1) is 0 Å². The number of halogens is 2. The molecule has 0 aromatic heterocycles. The van der Waals surface area contributed by atoms with Crippen molar-refractivity contribution in [2.75, 3.05) is 0 Å². The van der Waals surface area contributed by atoms with E-state index in [-0.39, 0.29) is 11.9 Å². The number of ether oxygens (including phenoxy) is 2. The first-order chi connectivity index (χ1) is 12.0. The largest absolute Gasteiger partial charge is 0.426 e. The van der Waals surface area contributed by atoms with Gasteiger partial charge in [-0.1, -0.05) is 56.1 Å². The molecule has 0 heterocycles. The highest BCUT2D eigenvalue weighted by molar-refractivity contribution is 9.10. The van der Waals surface area contributed by atoms with Crippen molar-refractivity contribution in [2.24, 2.45) is 0 Å². The molecular weight excluding hydrogens is 464 g/mol. The van der Waals surface area contributed by atoms with Crippen molar-refractivity contribution in [1.82, 2.24) is 0 Å². The maximum Gasteiger partial charge on any atom is 0.327 e. The number of esters is 2. The molecule has 2 rings (SSSR count). The van der Waals surface area contributed by atoms with Crippen molar-refractivity contribution in [3.05, 3.63) is 48.5 Å². The van der Waals surface area contributed by atoms with Crippen molar-refractivity contribution in [1.29, 1.82) is 0 Å². The average molecular weight is 484 g/mol. The summed E-state index contributed by atoms with van der Waals surface area (Å²) in [4.78, 5) is 23.7. The summed E-state index contributed by atoms with van der Waals surface area (Å²) in [6, 6.07) is 14.4. The topological polar surface area (TPSA) is 52.6 Å². The lowest BCUT2D eigenvalue weighted by molar-refractivity contribution is -0.136. The Hall–Kier alpha value is -1.66. The zero-order valence-electron chi connectivity index (χ0n) is 15.0. The van der Waals surface area contributed by atoms with E-state index in [0.717, 1.165) is 11.1 Å². The van der Waals surface area contributed by atoms with E-state index < -0.39 is 8.65 Å². The monoisotopic (exact) mass is 482 g/mol. The molecule has 26 heavy (non-hydrogen) atoms. The van der Waals surface area contributed by atoms with Gasteiger partial charge in [0.1, 0.15) is 20.1 Å². The smallest absolute Gasteiger partial charge is 0.327 e. The SMILES string of the molecule is CC(C)(Br)C(=O)Oc1ccc(-c2ccc(OC(=O)C(C)(C)Br)cc2)cc1. The van der Waals surface area contributed by atoms with E-state index in [1.165, 1.54) is 0 Å². The van der Waals surface area contributed by atoms with Gasteiger partial charge in [-0.3, -0.25) is 9.59 Å². The molecule has 0 amide bonds. The molecular formula is C20H20Br2O4. The minimum absolute atomic E-state index is 0.355. The fourth-order valence-electron chi connectivity index (χ4n) is 1.89. The Morgan fingerprint density at radius 1 is 0.654 bits per heavy atom. The standard InChI is InChI=1S/C20H20Br2O4/c1-19(2,21)17(23)25-15-9-5-13(6-10-15)14-7-11-16(12-8-14)26-18(24)20(3,4)22/h5-12H,1-4H3. The number of hydrogen-bond acceptors (Lipinski definition) is 4. The molecule has 2 aromatic carbocycles. The average Bonchev–Trinajstić information content (AvgIpc) is 2.54. The molecule has 0 unspecified atom stereocenters. The molecule has 138 valence electrons. The fourth-order valence-corrected chi connectivity index (χ4v) is 2.05. The summed E-state index contributed by atoms with van der Waals surface area (Å²) in [5.74, 6) is 0.255. The first-order valence-electron chi connectivity index (χ1n) is 8.00. The van der Waals surface area contributed by atoms with Gasteiger partial charge in [-0.15, -0.1) is 0 Å². The summed E-state index contributed by atoms with van der Waals surface area (Å²) in [6.07, 6.45) is 0. The predicted molar refractivity (Wildman–Crippen MR) is 109 cm³/mol. The third-order valence-electron chi connectivity index (χ3n) is 3.43. The van der Waals surface area contributed by atoms with E-state index >= 15 is 0 Å². The van der Waals surface area contributed by atoms with Crippen molar-refractivity contribution in [3.8, 4) is 22.6 Å². The van der Waals surface area contributed by atoms with Gasteiger partial charge in [0.25, 0.3) is 0 Å². The van der Waals surface area contributed by atoms with E-state index in [4.69, 9.17) is 9.47 Å². The maximum absolute atomic E-state index is 11.9. The normalized spacial score (nSPS) is 11.8. The molecule has 2 aromatic rings. The number of hydrogen-bond donors (Lipinski definition) is 0. The number of carbonyl (C=O) groups excluding carboxylic acids is 2. The summed E-state index contributed by atoms with van der Waals surface area (Å²) < 4.78 is 9.17. The zero-order chi connectivity index (χ0) is 19.5. The van der Waals surface area contributed by atoms with Crippen LogP contribution in [0.5, 0.6) is 11.5 Å². The molecule has 0 aliphatic carbocycles. The first-order valence-corrected chi connectivity index (χ1v) is 9.58. The van der Waals surface area contributed by atoms with Crippen molar-refractivity contribution >= 4 is 43.8 Å². The third-order valence-corrected chi connectivity index (χ3v) is 4.08. The highest BCUT2D eigenvalue weighted by atomic mass is 79.9. The Labute approximate surface area is 170 Å². The Balaban J connectivity index is 2.08. The van der Waals surface area contributed by atoms with Crippen LogP contribution in [0.25, 0.3) is 11.1 Å². The number of rotatable bonds is 5. The lowest BCUT2D eigenvalue weighted by Crippen LogP contribution is -2.29. The zero-order valence-corrected chi connectivity index (χ0v) is 18.2. The van der Waals surface area contributed by atoms with Gasteiger partial charge in [0.15, 0.2) is 0 Å². The second-order valence-electron chi connectivity index (χ2n) is 6.77. The lowest BCUT2D eigenvalue weighted by Gasteiger charge is -2.15. The number of alkyl halides is 2. The van der Waals surface area contributed by atoms with Crippen molar-refractivity contribution < 1.29 is 19.1 Å². The Bertz CT molecular complexity index is 713. The van der Waals surface area contributed by atoms with Gasteiger partial charge in [-0.2, -0.15) is 0 Å². The second kappa shape index (κ2) is 7.92. The molecule has 0 aliphatic rings. The van der Waals surface area contributed by atoms with E-state index in [9.17, 15) is 9.59 Å². The van der Waals surface area contributed by atoms with E-state index in [0.29, 0.717) is 11.5 Å². The molecule has 4 nitrogen and oxygen atoms in total. The van der Waals surface area contributed by atoms with Crippen LogP contribution in [0, 0.1) is 0 Å². The summed E-state index contributed by atoms with van der Waals surface area (Å²) in [5, 5.41) is 0. The number of benzene rings is 2. The van der Waals surface area contributed by atoms with Crippen molar-refractivity contribution in [3.63, 3.8) is 0 Å². The van der Waals surface area contributed by atoms with Crippen LogP contribution in [0.2, 0.25) is 0 Å². The maximum atomic E-state index is 11.9. The minimum atomic E-state index is -0.734. The van der Waals surface area contributed by atoms with E-state index in [2.05, 4.69) is 31.9 Å². The van der Waals surface area contributed by atoms with Gasteiger partial charge < -0.3 is 9.47 Å². The summed E-state index contributed by atoms with van der Waals surface area (Å²) in [7, 11) is 0. The molecule has 0 N–H and O–H groups in total. The third kappa shape index (κ3) is 5.68. The predicted octanol–water partition coefficient (Wildman–Crippen LogP) is 5.51. The quantitative estimate of drug-likeness (QED) is 0.319. The molecule has 0 atom stereocenters.